The average Bonchev–Trinajstić information content (AvgIpc) is 2.40. The molecule has 1 aromatic heterocycles. The zero-order valence-electron chi connectivity index (χ0n) is 9.75. The summed E-state index contributed by atoms with van der Waals surface area (Å²) >= 11 is 0. The molecule has 3 N–H and O–H groups in total. The van der Waals surface area contributed by atoms with Crippen LogP contribution >= 0.6 is 0 Å². The summed E-state index contributed by atoms with van der Waals surface area (Å²) in [6, 6.07) is 6.50. The smallest absolute Gasteiger partial charge is 0.261 e. The second-order valence-corrected chi connectivity index (χ2v) is 3.49. The van der Waals surface area contributed by atoms with Gasteiger partial charge in [0.05, 0.1) is 12.7 Å². The SMILES string of the molecule is COc1ccc(N)cc1C(=O)Nc1ncccn1. The molecule has 0 atom stereocenters. The Bertz CT molecular complexity index is 557. The van der Waals surface area contributed by atoms with E-state index in [2.05, 4.69) is 15.3 Å². The van der Waals surface area contributed by atoms with Crippen molar-refractivity contribution in [2.75, 3.05) is 18.2 Å². The molecule has 0 unspecified atom stereocenters. The molecule has 1 amide bonds. The van der Waals surface area contributed by atoms with E-state index in [1.165, 1.54) is 13.2 Å². The minimum Gasteiger partial charge on any atom is -0.496 e. The van der Waals surface area contributed by atoms with Gasteiger partial charge < -0.3 is 10.5 Å². The number of nitrogens with one attached hydrogen (secondary N) is 1. The lowest BCUT2D eigenvalue weighted by molar-refractivity contribution is 0.102. The first-order valence-electron chi connectivity index (χ1n) is 5.22. The molecular weight excluding hydrogens is 232 g/mol. The quantitative estimate of drug-likeness (QED) is 0.795. The van der Waals surface area contributed by atoms with Gasteiger partial charge in [-0.15, -0.1) is 0 Å². The standard InChI is InChI=1S/C12H12N4O2/c1-18-10-4-3-8(13)7-9(10)11(17)16-12-14-5-2-6-15-12/h2-7H,13H2,1H3,(H,14,15,16,17). The first kappa shape index (κ1) is 11.8. The van der Waals surface area contributed by atoms with Crippen LogP contribution in [0.3, 0.4) is 0 Å². The predicted molar refractivity (Wildman–Crippen MR) is 67.4 cm³/mol. The second kappa shape index (κ2) is 5.13. The van der Waals surface area contributed by atoms with E-state index in [-0.39, 0.29) is 11.9 Å². The summed E-state index contributed by atoms with van der Waals surface area (Å²) < 4.78 is 5.10. The lowest BCUT2D eigenvalue weighted by Gasteiger charge is -2.08. The Hall–Kier alpha value is -2.63. The molecule has 2 aromatic rings. The number of amides is 1. The van der Waals surface area contributed by atoms with Gasteiger partial charge in [0, 0.05) is 18.1 Å². The summed E-state index contributed by atoms with van der Waals surface area (Å²) in [6.07, 6.45) is 3.08. The fraction of sp³-hybridized carbons (Fsp3) is 0.0833. The number of aromatic nitrogens is 2. The highest BCUT2D eigenvalue weighted by molar-refractivity contribution is 6.05. The van der Waals surface area contributed by atoms with Crippen LogP contribution in [0.15, 0.2) is 36.7 Å². The number of hydrogen-bond donors (Lipinski definition) is 2. The van der Waals surface area contributed by atoms with Crippen molar-refractivity contribution >= 4 is 17.5 Å². The number of nitrogen functional groups attached to an aromatic ring is 1. The fourth-order valence-corrected chi connectivity index (χ4v) is 1.44. The fourth-order valence-electron chi connectivity index (χ4n) is 1.44. The van der Waals surface area contributed by atoms with E-state index in [0.29, 0.717) is 17.0 Å². The summed E-state index contributed by atoms with van der Waals surface area (Å²) in [5.41, 5.74) is 6.47. The minimum absolute atomic E-state index is 0.229. The number of rotatable bonds is 3. The Labute approximate surface area is 104 Å². The van der Waals surface area contributed by atoms with E-state index in [0.717, 1.165) is 0 Å². The van der Waals surface area contributed by atoms with Crippen LogP contribution in [0.1, 0.15) is 10.4 Å². The second-order valence-electron chi connectivity index (χ2n) is 3.49. The minimum atomic E-state index is -0.370. The molecule has 6 nitrogen and oxygen atoms in total. The lowest BCUT2D eigenvalue weighted by Crippen LogP contribution is -2.15. The Morgan fingerprint density at radius 2 is 2.06 bits per heavy atom. The molecule has 0 spiro atoms. The molecule has 1 aromatic carbocycles. The monoisotopic (exact) mass is 244 g/mol. The maximum absolute atomic E-state index is 12.0. The molecule has 0 radical (unpaired) electrons. The van der Waals surface area contributed by atoms with E-state index in [4.69, 9.17) is 10.5 Å². The molecule has 18 heavy (non-hydrogen) atoms. The Kier molecular flexibility index (Phi) is 3.38. The first-order chi connectivity index (χ1) is 8.70. The number of carbonyl (C=O) groups is 1. The van der Waals surface area contributed by atoms with E-state index in [1.807, 2.05) is 0 Å². The van der Waals surface area contributed by atoms with Crippen LogP contribution in [-0.2, 0) is 0 Å². The highest BCUT2D eigenvalue weighted by Gasteiger charge is 2.13. The van der Waals surface area contributed by atoms with Crippen molar-refractivity contribution in [3.63, 3.8) is 0 Å². The maximum Gasteiger partial charge on any atom is 0.261 e. The van der Waals surface area contributed by atoms with Gasteiger partial charge in [-0.2, -0.15) is 0 Å². The van der Waals surface area contributed by atoms with Gasteiger partial charge in [0.1, 0.15) is 5.75 Å². The highest BCUT2D eigenvalue weighted by Crippen LogP contribution is 2.21. The molecule has 0 saturated carbocycles. The van der Waals surface area contributed by atoms with Crippen molar-refractivity contribution in [3.8, 4) is 5.75 Å². The molecule has 92 valence electrons. The summed E-state index contributed by atoms with van der Waals surface area (Å²) in [6.45, 7) is 0. The maximum atomic E-state index is 12.0. The van der Waals surface area contributed by atoms with E-state index >= 15 is 0 Å². The third-order valence-corrected chi connectivity index (χ3v) is 2.26. The number of hydrogen-bond acceptors (Lipinski definition) is 5. The van der Waals surface area contributed by atoms with Crippen LogP contribution in [0.4, 0.5) is 11.6 Å². The molecule has 2 rings (SSSR count). The Balaban J connectivity index is 2.26. The largest absolute Gasteiger partial charge is 0.496 e. The van der Waals surface area contributed by atoms with Gasteiger partial charge in [0.25, 0.3) is 5.91 Å². The van der Waals surface area contributed by atoms with Gasteiger partial charge in [-0.05, 0) is 24.3 Å². The molecule has 6 heteroatoms. The lowest BCUT2D eigenvalue weighted by atomic mass is 10.1. The van der Waals surface area contributed by atoms with Gasteiger partial charge in [0.2, 0.25) is 5.95 Å². The van der Waals surface area contributed by atoms with Crippen LogP contribution in [0.25, 0.3) is 0 Å². The number of carbonyl (C=O) groups excluding carboxylic acids is 1. The van der Waals surface area contributed by atoms with Crippen molar-refractivity contribution in [2.45, 2.75) is 0 Å². The Morgan fingerprint density at radius 3 is 2.72 bits per heavy atom. The van der Waals surface area contributed by atoms with Crippen molar-refractivity contribution < 1.29 is 9.53 Å². The van der Waals surface area contributed by atoms with Gasteiger partial charge in [0.15, 0.2) is 0 Å². The molecule has 0 aliphatic carbocycles. The van der Waals surface area contributed by atoms with E-state index in [9.17, 15) is 4.79 Å². The van der Waals surface area contributed by atoms with E-state index < -0.39 is 0 Å². The zero-order chi connectivity index (χ0) is 13.0. The number of anilines is 2. The topological polar surface area (TPSA) is 90.1 Å². The van der Waals surface area contributed by atoms with Crippen molar-refractivity contribution in [3.05, 3.63) is 42.2 Å². The van der Waals surface area contributed by atoms with Crippen LogP contribution in [0, 0.1) is 0 Å². The zero-order valence-corrected chi connectivity index (χ0v) is 9.75. The van der Waals surface area contributed by atoms with Crippen LogP contribution < -0.4 is 15.8 Å². The number of ether oxygens (including phenoxy) is 1. The third kappa shape index (κ3) is 2.54. The molecule has 1 heterocycles. The van der Waals surface area contributed by atoms with Crippen LogP contribution in [0.2, 0.25) is 0 Å². The molecule has 0 aliphatic heterocycles. The highest BCUT2D eigenvalue weighted by atomic mass is 16.5. The predicted octanol–water partition coefficient (Wildman–Crippen LogP) is 1.32. The molecule has 0 fully saturated rings. The number of methoxy groups -OCH3 is 1. The average molecular weight is 244 g/mol. The first-order valence-corrected chi connectivity index (χ1v) is 5.22. The Morgan fingerprint density at radius 1 is 1.33 bits per heavy atom. The van der Waals surface area contributed by atoms with Crippen molar-refractivity contribution in [1.82, 2.24) is 9.97 Å². The molecule has 0 saturated heterocycles. The van der Waals surface area contributed by atoms with Gasteiger partial charge in [-0.25, -0.2) is 9.97 Å². The van der Waals surface area contributed by atoms with Crippen molar-refractivity contribution in [1.29, 1.82) is 0 Å². The van der Waals surface area contributed by atoms with Gasteiger partial charge >= 0.3 is 0 Å². The van der Waals surface area contributed by atoms with E-state index in [1.54, 1.807) is 30.6 Å². The summed E-state index contributed by atoms with van der Waals surface area (Å²) in [4.78, 5) is 19.8. The van der Waals surface area contributed by atoms with Crippen LogP contribution in [0.5, 0.6) is 5.75 Å². The summed E-state index contributed by atoms with van der Waals surface area (Å²) in [5, 5.41) is 2.56. The van der Waals surface area contributed by atoms with Gasteiger partial charge in [-0.1, -0.05) is 0 Å². The van der Waals surface area contributed by atoms with Crippen molar-refractivity contribution in [2.24, 2.45) is 0 Å². The molecule has 0 bridgehead atoms. The molecular formula is C12H12N4O2. The summed E-state index contributed by atoms with van der Waals surface area (Å²) in [5.74, 6) is 0.301. The van der Waals surface area contributed by atoms with Gasteiger partial charge in [-0.3, -0.25) is 10.1 Å². The number of nitrogens with two attached hydrogens (primary N) is 1. The number of benzene rings is 1. The summed E-state index contributed by atoms with van der Waals surface area (Å²) in [7, 11) is 1.49. The normalized spacial score (nSPS) is 9.83. The third-order valence-electron chi connectivity index (χ3n) is 2.26. The van der Waals surface area contributed by atoms with Crippen LogP contribution in [-0.4, -0.2) is 23.0 Å². The molecule has 0 aliphatic rings. The number of nitrogens with zero attached hydrogens (tertiary/aromatic N) is 2.